The molecule has 0 saturated carbocycles. The molecule has 0 radical (unpaired) electrons. The van der Waals surface area contributed by atoms with Crippen molar-refractivity contribution in [2.45, 2.75) is 12.8 Å². The van der Waals surface area contributed by atoms with E-state index in [4.69, 9.17) is 21.1 Å². The summed E-state index contributed by atoms with van der Waals surface area (Å²) >= 11 is 5.52. The van der Waals surface area contributed by atoms with Gasteiger partial charge in [-0.1, -0.05) is 0 Å². The lowest BCUT2D eigenvalue weighted by Gasteiger charge is -2.17. The van der Waals surface area contributed by atoms with Crippen molar-refractivity contribution in [1.29, 1.82) is 0 Å². The summed E-state index contributed by atoms with van der Waals surface area (Å²) in [7, 11) is 0. The van der Waals surface area contributed by atoms with Crippen LogP contribution in [0, 0.1) is 5.92 Å². The molecule has 1 aromatic carbocycles. The van der Waals surface area contributed by atoms with Crippen LogP contribution in [0.1, 0.15) is 12.8 Å². The second-order valence-corrected chi connectivity index (χ2v) is 5.73. The molecule has 22 heavy (non-hydrogen) atoms. The van der Waals surface area contributed by atoms with E-state index < -0.39 is 0 Å². The standard InChI is InChI=1S/C15H17ClN2O4/c16-4-3-14(19)17-7-10-5-15(20)18(8-10)11-1-2-12-13(6-11)22-9-21-12/h1-2,6,10H,3-5,7-9H2,(H,17,19). The average molecular weight is 325 g/mol. The van der Waals surface area contributed by atoms with Crippen LogP contribution in [0.4, 0.5) is 5.69 Å². The van der Waals surface area contributed by atoms with Gasteiger partial charge in [0.25, 0.3) is 0 Å². The molecule has 7 heteroatoms. The fraction of sp³-hybridized carbons (Fsp3) is 0.467. The third kappa shape index (κ3) is 3.11. The zero-order valence-electron chi connectivity index (χ0n) is 12.0. The van der Waals surface area contributed by atoms with Crippen LogP contribution in [-0.4, -0.2) is 37.6 Å². The Morgan fingerprint density at radius 2 is 2.18 bits per heavy atom. The number of fused-ring (bicyclic) bond motifs is 1. The Balaban J connectivity index is 1.61. The Morgan fingerprint density at radius 3 is 3.00 bits per heavy atom. The SMILES string of the molecule is O=C(CCCl)NCC1CC(=O)N(c2ccc3c(c2)OCO3)C1. The number of carbonyl (C=O) groups excluding carboxylic acids is 2. The van der Waals surface area contributed by atoms with Crippen molar-refractivity contribution in [1.82, 2.24) is 5.32 Å². The molecule has 0 aromatic heterocycles. The number of carbonyl (C=O) groups is 2. The summed E-state index contributed by atoms with van der Waals surface area (Å²) in [4.78, 5) is 25.3. The van der Waals surface area contributed by atoms with Crippen LogP contribution >= 0.6 is 11.6 Å². The minimum absolute atomic E-state index is 0.0513. The molecule has 1 atom stereocenters. The number of nitrogens with one attached hydrogen (secondary N) is 1. The maximum absolute atomic E-state index is 12.2. The van der Waals surface area contributed by atoms with Crippen molar-refractivity contribution < 1.29 is 19.1 Å². The van der Waals surface area contributed by atoms with Gasteiger partial charge in [0.1, 0.15) is 0 Å². The molecule has 0 aliphatic carbocycles. The van der Waals surface area contributed by atoms with Gasteiger partial charge in [-0.2, -0.15) is 0 Å². The van der Waals surface area contributed by atoms with Crippen LogP contribution < -0.4 is 19.7 Å². The van der Waals surface area contributed by atoms with E-state index in [2.05, 4.69) is 5.32 Å². The van der Waals surface area contributed by atoms with Crippen molar-refractivity contribution in [3.63, 3.8) is 0 Å². The smallest absolute Gasteiger partial charge is 0.231 e. The fourth-order valence-electron chi connectivity index (χ4n) is 2.65. The highest BCUT2D eigenvalue weighted by molar-refractivity contribution is 6.18. The fourth-order valence-corrected chi connectivity index (χ4v) is 2.82. The summed E-state index contributed by atoms with van der Waals surface area (Å²) in [6.07, 6.45) is 0.726. The van der Waals surface area contributed by atoms with Crippen LogP contribution in [0.5, 0.6) is 11.5 Å². The van der Waals surface area contributed by atoms with Crippen LogP contribution in [0.15, 0.2) is 18.2 Å². The number of benzene rings is 1. The monoisotopic (exact) mass is 324 g/mol. The Morgan fingerprint density at radius 1 is 1.36 bits per heavy atom. The molecule has 2 amide bonds. The number of nitrogens with zero attached hydrogens (tertiary/aromatic N) is 1. The molecule has 0 bridgehead atoms. The van der Waals surface area contributed by atoms with Crippen LogP contribution in [0.3, 0.4) is 0 Å². The van der Waals surface area contributed by atoms with Gasteiger partial charge in [-0.15, -0.1) is 11.6 Å². The Kier molecular flexibility index (Phi) is 4.38. The zero-order chi connectivity index (χ0) is 15.5. The minimum atomic E-state index is -0.0796. The molecule has 3 rings (SSSR count). The normalized spacial score (nSPS) is 19.6. The predicted octanol–water partition coefficient (Wildman–Crippen LogP) is 1.51. The van der Waals surface area contributed by atoms with Crippen molar-refractivity contribution >= 4 is 29.1 Å². The summed E-state index contributed by atoms with van der Waals surface area (Å²) in [6, 6.07) is 5.47. The molecule has 118 valence electrons. The predicted molar refractivity (Wildman–Crippen MR) is 81.4 cm³/mol. The largest absolute Gasteiger partial charge is 0.454 e. The van der Waals surface area contributed by atoms with Crippen molar-refractivity contribution in [2.24, 2.45) is 5.92 Å². The first-order chi connectivity index (χ1) is 10.7. The van der Waals surface area contributed by atoms with E-state index in [9.17, 15) is 9.59 Å². The van der Waals surface area contributed by atoms with Gasteiger partial charge in [0.15, 0.2) is 11.5 Å². The Hall–Kier alpha value is -1.95. The third-order valence-electron chi connectivity index (χ3n) is 3.78. The quantitative estimate of drug-likeness (QED) is 0.834. The zero-order valence-corrected chi connectivity index (χ0v) is 12.8. The third-order valence-corrected chi connectivity index (χ3v) is 3.97. The molecular weight excluding hydrogens is 308 g/mol. The van der Waals surface area contributed by atoms with Gasteiger partial charge in [0.2, 0.25) is 18.6 Å². The molecule has 1 N–H and O–H groups in total. The van der Waals surface area contributed by atoms with E-state index in [0.717, 1.165) is 5.69 Å². The van der Waals surface area contributed by atoms with Crippen LogP contribution in [0.2, 0.25) is 0 Å². The molecule has 0 spiro atoms. The maximum atomic E-state index is 12.2. The Labute approximate surface area is 133 Å². The van der Waals surface area contributed by atoms with Gasteiger partial charge in [-0.3, -0.25) is 9.59 Å². The van der Waals surface area contributed by atoms with Crippen molar-refractivity contribution in [3.05, 3.63) is 18.2 Å². The Bertz CT molecular complexity index is 593. The topological polar surface area (TPSA) is 67.9 Å². The van der Waals surface area contributed by atoms with E-state index in [0.29, 0.717) is 43.3 Å². The number of anilines is 1. The van der Waals surface area contributed by atoms with Gasteiger partial charge in [0, 0.05) is 49.5 Å². The summed E-state index contributed by atoms with van der Waals surface area (Å²) < 4.78 is 10.6. The second-order valence-electron chi connectivity index (χ2n) is 5.36. The van der Waals surface area contributed by atoms with Crippen LogP contribution in [0.25, 0.3) is 0 Å². The van der Waals surface area contributed by atoms with Crippen LogP contribution in [-0.2, 0) is 9.59 Å². The lowest BCUT2D eigenvalue weighted by atomic mass is 10.1. The van der Waals surface area contributed by atoms with Gasteiger partial charge >= 0.3 is 0 Å². The molecular formula is C15H17ClN2O4. The minimum Gasteiger partial charge on any atom is -0.454 e. The molecule has 1 aromatic rings. The number of alkyl halides is 1. The summed E-state index contributed by atoms with van der Waals surface area (Å²) in [5.41, 5.74) is 0.795. The highest BCUT2D eigenvalue weighted by atomic mass is 35.5. The summed E-state index contributed by atoms with van der Waals surface area (Å²) in [5.74, 6) is 1.74. The molecule has 1 unspecified atom stereocenters. The number of hydrogen-bond acceptors (Lipinski definition) is 4. The lowest BCUT2D eigenvalue weighted by Crippen LogP contribution is -2.31. The highest BCUT2D eigenvalue weighted by Gasteiger charge is 2.31. The molecule has 1 saturated heterocycles. The number of rotatable bonds is 5. The van der Waals surface area contributed by atoms with Gasteiger partial charge in [-0.25, -0.2) is 0 Å². The van der Waals surface area contributed by atoms with Gasteiger partial charge < -0.3 is 19.7 Å². The van der Waals surface area contributed by atoms with Crippen molar-refractivity contribution in [2.75, 3.05) is 30.7 Å². The number of halogens is 1. The van der Waals surface area contributed by atoms with Gasteiger partial charge in [-0.05, 0) is 12.1 Å². The average Bonchev–Trinajstić information content (AvgIpc) is 3.11. The first-order valence-electron chi connectivity index (χ1n) is 7.20. The van der Waals surface area contributed by atoms with E-state index in [1.165, 1.54) is 0 Å². The second kappa shape index (κ2) is 6.44. The molecule has 2 aliphatic heterocycles. The lowest BCUT2D eigenvalue weighted by molar-refractivity contribution is -0.121. The highest BCUT2D eigenvalue weighted by Crippen LogP contribution is 2.37. The number of ether oxygens (including phenoxy) is 2. The molecule has 2 aliphatic rings. The van der Waals surface area contributed by atoms with E-state index in [1.54, 1.807) is 11.0 Å². The van der Waals surface area contributed by atoms with Gasteiger partial charge in [0.05, 0.1) is 0 Å². The summed E-state index contributed by atoms with van der Waals surface area (Å²) in [5, 5.41) is 2.81. The molecule has 2 heterocycles. The molecule has 6 nitrogen and oxygen atoms in total. The summed E-state index contributed by atoms with van der Waals surface area (Å²) in [6.45, 7) is 1.28. The van der Waals surface area contributed by atoms with E-state index >= 15 is 0 Å². The molecule has 1 fully saturated rings. The first-order valence-corrected chi connectivity index (χ1v) is 7.73. The first kappa shape index (κ1) is 15.0. The van der Waals surface area contributed by atoms with E-state index in [-0.39, 0.29) is 24.5 Å². The van der Waals surface area contributed by atoms with E-state index in [1.807, 2.05) is 12.1 Å². The number of hydrogen-bond donors (Lipinski definition) is 1. The van der Waals surface area contributed by atoms with Crippen molar-refractivity contribution in [3.8, 4) is 11.5 Å². The maximum Gasteiger partial charge on any atom is 0.231 e. The number of amides is 2.